The van der Waals surface area contributed by atoms with E-state index in [1.165, 1.54) is 24.6 Å². The molecule has 2 aromatic rings. The van der Waals surface area contributed by atoms with Gasteiger partial charge in [0.2, 0.25) is 0 Å². The normalized spacial score (nSPS) is 28.2. The lowest BCUT2D eigenvalue weighted by Crippen LogP contribution is -2.36. The number of nitrogens with two attached hydrogens (primary N) is 1. The van der Waals surface area contributed by atoms with Gasteiger partial charge in [-0.1, -0.05) is 0 Å². The fourth-order valence-corrected chi connectivity index (χ4v) is 5.68. The van der Waals surface area contributed by atoms with E-state index in [9.17, 15) is 8.78 Å². The van der Waals surface area contributed by atoms with Gasteiger partial charge in [0.15, 0.2) is 11.6 Å². The maximum absolute atomic E-state index is 12.7. The summed E-state index contributed by atoms with van der Waals surface area (Å²) in [4.78, 5) is 6.65. The van der Waals surface area contributed by atoms with E-state index in [-0.39, 0.29) is 17.6 Å². The van der Waals surface area contributed by atoms with Gasteiger partial charge in [-0.05, 0) is 57.1 Å². The summed E-state index contributed by atoms with van der Waals surface area (Å²) in [6, 6.07) is 4.46. The van der Waals surface area contributed by atoms with Gasteiger partial charge in [-0.2, -0.15) is 13.9 Å². The zero-order chi connectivity index (χ0) is 22.4. The Kier molecular flexibility index (Phi) is 5.79. The maximum atomic E-state index is 12.7. The second-order valence-corrected chi connectivity index (χ2v) is 9.46. The Labute approximate surface area is 186 Å². The number of hydrogen-bond acceptors (Lipinski definition) is 6. The number of aromatic nitrogens is 3. The number of nitrogens with zero attached hydrogens (tertiary/aromatic N) is 4. The van der Waals surface area contributed by atoms with E-state index in [2.05, 4.69) is 39.2 Å². The van der Waals surface area contributed by atoms with Crippen molar-refractivity contribution >= 4 is 5.82 Å². The number of alkyl halides is 2. The van der Waals surface area contributed by atoms with Gasteiger partial charge in [0.25, 0.3) is 0 Å². The molecule has 0 aromatic carbocycles. The van der Waals surface area contributed by atoms with Crippen LogP contribution in [0.1, 0.15) is 50.8 Å². The van der Waals surface area contributed by atoms with Gasteiger partial charge in [0.05, 0.1) is 12.3 Å². The molecule has 7 nitrogen and oxygen atoms in total. The lowest BCUT2D eigenvalue weighted by atomic mass is 10.0. The molecule has 5 rings (SSSR count). The highest BCUT2D eigenvalue weighted by molar-refractivity contribution is 5.64. The van der Waals surface area contributed by atoms with Crippen LogP contribution in [0.4, 0.5) is 14.6 Å². The number of pyridine rings is 1. The third-order valence-corrected chi connectivity index (χ3v) is 7.18. The van der Waals surface area contributed by atoms with Crippen molar-refractivity contribution in [3.8, 4) is 17.0 Å². The Morgan fingerprint density at radius 2 is 1.94 bits per heavy atom. The lowest BCUT2D eigenvalue weighted by molar-refractivity contribution is -0.0494. The first-order valence-electron chi connectivity index (χ1n) is 11.5. The van der Waals surface area contributed by atoms with Crippen molar-refractivity contribution in [2.75, 3.05) is 32.0 Å². The summed E-state index contributed by atoms with van der Waals surface area (Å²) in [7, 11) is 0. The van der Waals surface area contributed by atoms with E-state index in [1.54, 1.807) is 6.20 Å². The molecule has 32 heavy (non-hydrogen) atoms. The molecule has 2 aliphatic carbocycles. The monoisotopic (exact) mass is 447 g/mol. The molecular weight excluding hydrogens is 416 g/mol. The third-order valence-electron chi connectivity index (χ3n) is 7.18. The number of halogens is 2. The van der Waals surface area contributed by atoms with E-state index in [0.717, 1.165) is 32.7 Å². The standard InChI is InChI=1S/C23H31F2N5O2/c1-13(2)30-19(11-18(28-30)14-8-20(32-23(24)25)22(26)27-12-14)21-16-9-15(10-17(16)21)29-4-3-6-31-7-5-29/h8,11-13,15-17,21,23H,3-7,9-10H2,1-2H3,(H2,26,27)/t15?,16-,17+,21?. The molecule has 3 fully saturated rings. The lowest BCUT2D eigenvalue weighted by Gasteiger charge is -2.28. The summed E-state index contributed by atoms with van der Waals surface area (Å²) in [6.45, 7) is 5.17. The quantitative estimate of drug-likeness (QED) is 0.723. The molecule has 174 valence electrons. The van der Waals surface area contributed by atoms with Gasteiger partial charge in [-0.25, -0.2) is 4.98 Å². The summed E-state index contributed by atoms with van der Waals surface area (Å²) in [6.07, 6.45) is 5.13. The van der Waals surface area contributed by atoms with Crippen LogP contribution < -0.4 is 10.5 Å². The van der Waals surface area contributed by atoms with E-state index in [0.29, 0.717) is 35.1 Å². The number of hydrogen-bond donors (Lipinski definition) is 1. The van der Waals surface area contributed by atoms with Crippen LogP contribution in [0.3, 0.4) is 0 Å². The Morgan fingerprint density at radius 1 is 1.16 bits per heavy atom. The summed E-state index contributed by atoms with van der Waals surface area (Å²) in [5.41, 5.74) is 8.27. The molecule has 3 aliphatic rings. The van der Waals surface area contributed by atoms with Crippen LogP contribution in [0.2, 0.25) is 0 Å². The molecule has 0 bridgehead atoms. The van der Waals surface area contributed by atoms with E-state index >= 15 is 0 Å². The average Bonchev–Trinajstić information content (AvgIpc) is 3.08. The highest BCUT2D eigenvalue weighted by Crippen LogP contribution is 2.64. The molecule has 0 radical (unpaired) electrons. The van der Waals surface area contributed by atoms with Crippen molar-refractivity contribution < 1.29 is 18.3 Å². The van der Waals surface area contributed by atoms with Crippen LogP contribution in [0.5, 0.6) is 5.75 Å². The van der Waals surface area contributed by atoms with E-state index in [1.807, 2.05) is 0 Å². The predicted molar refractivity (Wildman–Crippen MR) is 117 cm³/mol. The number of fused-ring (bicyclic) bond motifs is 1. The molecular formula is C23H31F2N5O2. The van der Waals surface area contributed by atoms with Gasteiger partial charge in [0.1, 0.15) is 0 Å². The highest BCUT2D eigenvalue weighted by atomic mass is 19.3. The predicted octanol–water partition coefficient (Wildman–Crippen LogP) is 3.92. The molecule has 2 saturated carbocycles. The second-order valence-electron chi connectivity index (χ2n) is 9.46. The minimum absolute atomic E-state index is 0.0563. The molecule has 4 atom stereocenters. The Hall–Kier alpha value is -2.26. The summed E-state index contributed by atoms with van der Waals surface area (Å²) >= 11 is 0. The number of nitrogen functional groups attached to an aromatic ring is 1. The smallest absolute Gasteiger partial charge is 0.387 e. The first-order valence-corrected chi connectivity index (χ1v) is 11.5. The largest absolute Gasteiger partial charge is 0.431 e. The van der Waals surface area contributed by atoms with Crippen molar-refractivity contribution in [2.45, 2.75) is 57.7 Å². The van der Waals surface area contributed by atoms with Crippen LogP contribution >= 0.6 is 0 Å². The molecule has 2 N–H and O–H groups in total. The number of ether oxygens (including phenoxy) is 2. The van der Waals surface area contributed by atoms with Crippen molar-refractivity contribution in [1.29, 1.82) is 0 Å². The van der Waals surface area contributed by atoms with Crippen molar-refractivity contribution in [3.05, 3.63) is 24.0 Å². The first-order chi connectivity index (χ1) is 15.4. The third kappa shape index (κ3) is 4.08. The zero-order valence-electron chi connectivity index (χ0n) is 18.6. The van der Waals surface area contributed by atoms with Crippen molar-refractivity contribution in [1.82, 2.24) is 19.7 Å². The average molecular weight is 448 g/mol. The van der Waals surface area contributed by atoms with Gasteiger partial charge in [-0.3, -0.25) is 9.58 Å². The second kappa shape index (κ2) is 8.59. The molecule has 2 unspecified atom stereocenters. The molecule has 1 aliphatic heterocycles. The molecule has 0 amide bonds. The Morgan fingerprint density at radius 3 is 2.66 bits per heavy atom. The summed E-state index contributed by atoms with van der Waals surface area (Å²) < 4.78 is 37.6. The molecule has 0 spiro atoms. The SMILES string of the molecule is CC(C)n1nc(-c2cnc(N)c(OC(F)F)c2)cc1C1[C@H]2CC(N3CCCOCC3)C[C@@H]12. The number of rotatable bonds is 6. The Bertz CT molecular complexity index is 946. The van der Waals surface area contributed by atoms with Crippen LogP contribution in [0.15, 0.2) is 18.3 Å². The van der Waals surface area contributed by atoms with Gasteiger partial charge in [-0.15, -0.1) is 0 Å². The van der Waals surface area contributed by atoms with Gasteiger partial charge in [0, 0.05) is 55.2 Å². The molecule has 2 aromatic heterocycles. The molecule has 1 saturated heterocycles. The molecule has 3 heterocycles. The van der Waals surface area contributed by atoms with Crippen LogP contribution in [-0.4, -0.2) is 58.6 Å². The Balaban J connectivity index is 1.35. The topological polar surface area (TPSA) is 78.4 Å². The van der Waals surface area contributed by atoms with E-state index < -0.39 is 6.61 Å². The fraction of sp³-hybridized carbons (Fsp3) is 0.652. The van der Waals surface area contributed by atoms with Gasteiger partial charge >= 0.3 is 6.61 Å². The first kappa shape index (κ1) is 21.6. The van der Waals surface area contributed by atoms with Crippen LogP contribution in [-0.2, 0) is 4.74 Å². The summed E-state index contributed by atoms with van der Waals surface area (Å²) in [5, 5.41) is 4.81. The van der Waals surface area contributed by atoms with Crippen LogP contribution in [0, 0.1) is 11.8 Å². The van der Waals surface area contributed by atoms with E-state index in [4.69, 9.17) is 15.6 Å². The minimum atomic E-state index is -2.95. The van der Waals surface area contributed by atoms with Crippen molar-refractivity contribution in [3.63, 3.8) is 0 Å². The number of anilines is 1. The zero-order valence-corrected chi connectivity index (χ0v) is 18.6. The minimum Gasteiger partial charge on any atom is -0.431 e. The van der Waals surface area contributed by atoms with Crippen LogP contribution in [0.25, 0.3) is 11.3 Å². The fourth-order valence-electron chi connectivity index (χ4n) is 5.68. The highest BCUT2D eigenvalue weighted by Gasteiger charge is 2.58. The maximum Gasteiger partial charge on any atom is 0.387 e. The summed E-state index contributed by atoms with van der Waals surface area (Å²) in [5.74, 6) is 1.71. The van der Waals surface area contributed by atoms with Crippen molar-refractivity contribution in [2.24, 2.45) is 11.8 Å². The van der Waals surface area contributed by atoms with Gasteiger partial charge < -0.3 is 15.2 Å². The molecule has 9 heteroatoms.